The Morgan fingerprint density at radius 1 is 1.11 bits per heavy atom. The van der Waals surface area contributed by atoms with Gasteiger partial charge in [0.05, 0.1) is 28.7 Å². The molecule has 3 aromatic rings. The van der Waals surface area contributed by atoms with E-state index in [2.05, 4.69) is 15.2 Å². The van der Waals surface area contributed by atoms with Gasteiger partial charge in [-0.05, 0) is 24.3 Å². The van der Waals surface area contributed by atoms with Crippen molar-refractivity contribution >= 4 is 41.0 Å². The molecule has 2 heterocycles. The molecular formula is C17H10Cl3F3N4O. The lowest BCUT2D eigenvalue weighted by Crippen LogP contribution is -2.09. The van der Waals surface area contributed by atoms with Crippen LogP contribution < -0.4 is 0 Å². The highest BCUT2D eigenvalue weighted by atomic mass is 35.5. The fourth-order valence-corrected chi connectivity index (χ4v) is 2.95. The summed E-state index contributed by atoms with van der Waals surface area (Å²) in [6, 6.07) is 7.39. The highest BCUT2D eigenvalue weighted by Gasteiger charge is 2.31. The molecule has 0 aliphatic heterocycles. The molecule has 0 fully saturated rings. The average molecular weight is 450 g/mol. The lowest BCUT2D eigenvalue weighted by Gasteiger charge is -2.10. The van der Waals surface area contributed by atoms with Gasteiger partial charge in [0.2, 0.25) is 0 Å². The van der Waals surface area contributed by atoms with E-state index in [0.717, 1.165) is 6.07 Å². The van der Waals surface area contributed by atoms with Crippen molar-refractivity contribution in [2.24, 2.45) is 5.16 Å². The van der Waals surface area contributed by atoms with Crippen LogP contribution in [0.15, 0.2) is 47.9 Å². The minimum atomic E-state index is -4.54. The Bertz CT molecular complexity index is 1000. The van der Waals surface area contributed by atoms with Crippen molar-refractivity contribution in [1.82, 2.24) is 14.8 Å². The fraction of sp³-hybridized carbons (Fsp3) is 0.118. The van der Waals surface area contributed by atoms with Gasteiger partial charge in [0, 0.05) is 21.8 Å². The van der Waals surface area contributed by atoms with Crippen LogP contribution >= 0.6 is 34.8 Å². The van der Waals surface area contributed by atoms with E-state index >= 15 is 0 Å². The monoisotopic (exact) mass is 448 g/mol. The van der Waals surface area contributed by atoms with Gasteiger partial charge in [0.15, 0.2) is 5.82 Å². The first-order valence-electron chi connectivity index (χ1n) is 7.62. The molecule has 28 heavy (non-hydrogen) atoms. The number of hydrogen-bond acceptors (Lipinski definition) is 4. The predicted octanol–water partition coefficient (Wildman–Crippen LogP) is 5.80. The summed E-state index contributed by atoms with van der Waals surface area (Å²) in [6.45, 7) is 0.0302. The third-order valence-corrected chi connectivity index (χ3v) is 4.54. The molecule has 0 aliphatic rings. The van der Waals surface area contributed by atoms with E-state index in [4.69, 9.17) is 39.6 Å². The Balaban J connectivity index is 1.76. The smallest absolute Gasteiger partial charge is 0.391 e. The van der Waals surface area contributed by atoms with Crippen molar-refractivity contribution in [2.45, 2.75) is 12.8 Å². The molecule has 0 radical (unpaired) electrons. The van der Waals surface area contributed by atoms with Crippen LogP contribution in [-0.2, 0) is 17.6 Å². The highest BCUT2D eigenvalue weighted by molar-refractivity contribution is 6.36. The number of benzene rings is 1. The number of oxime groups is 1. The molecule has 1 aromatic carbocycles. The van der Waals surface area contributed by atoms with Crippen LogP contribution in [0.25, 0.3) is 5.82 Å². The first-order valence-corrected chi connectivity index (χ1v) is 8.76. The average Bonchev–Trinajstić information content (AvgIpc) is 3.08. The van der Waals surface area contributed by atoms with Crippen molar-refractivity contribution in [1.29, 1.82) is 0 Å². The summed E-state index contributed by atoms with van der Waals surface area (Å²) in [4.78, 5) is 8.95. The zero-order valence-electron chi connectivity index (χ0n) is 13.8. The molecular weight excluding hydrogens is 440 g/mol. The van der Waals surface area contributed by atoms with E-state index in [0.29, 0.717) is 27.5 Å². The summed E-state index contributed by atoms with van der Waals surface area (Å²) in [7, 11) is 0. The Morgan fingerprint density at radius 2 is 1.82 bits per heavy atom. The SMILES string of the molecule is FC(F)(F)c1cnc(-n2nccc2/C=N\OCc2c(Cl)cccc2Cl)c(Cl)c1. The van der Waals surface area contributed by atoms with Gasteiger partial charge in [-0.3, -0.25) is 0 Å². The van der Waals surface area contributed by atoms with E-state index in [1.54, 1.807) is 24.3 Å². The van der Waals surface area contributed by atoms with Crippen molar-refractivity contribution < 1.29 is 18.0 Å². The largest absolute Gasteiger partial charge is 0.417 e. The molecule has 0 bridgehead atoms. The van der Waals surface area contributed by atoms with Gasteiger partial charge in [-0.15, -0.1) is 0 Å². The lowest BCUT2D eigenvalue weighted by molar-refractivity contribution is -0.137. The molecule has 11 heteroatoms. The molecule has 0 aliphatic carbocycles. The van der Waals surface area contributed by atoms with Gasteiger partial charge in [-0.2, -0.15) is 18.3 Å². The third-order valence-electron chi connectivity index (χ3n) is 3.55. The Kier molecular flexibility index (Phi) is 6.12. The molecule has 0 amide bonds. The molecule has 0 spiro atoms. The minimum Gasteiger partial charge on any atom is -0.391 e. The first kappa shape index (κ1) is 20.4. The van der Waals surface area contributed by atoms with Crippen LogP contribution in [0, 0.1) is 0 Å². The second-order valence-electron chi connectivity index (χ2n) is 5.40. The maximum absolute atomic E-state index is 12.7. The first-order chi connectivity index (χ1) is 13.3. The number of nitrogens with zero attached hydrogens (tertiary/aromatic N) is 4. The Labute approximate surface area is 172 Å². The summed E-state index contributed by atoms with van der Waals surface area (Å²) in [6.07, 6.45) is -1.13. The molecule has 3 rings (SSSR count). The normalized spacial score (nSPS) is 11.9. The van der Waals surface area contributed by atoms with Gasteiger partial charge in [-0.25, -0.2) is 9.67 Å². The van der Waals surface area contributed by atoms with Crippen LogP contribution in [0.5, 0.6) is 0 Å². The standard InChI is InChI=1S/C17H10Cl3F3N4O/c18-13-2-1-3-14(19)12(13)9-28-26-8-11-4-5-25-27(11)16-15(20)6-10(7-24-16)17(21,22)23/h1-8H,9H2/b26-8-. The third kappa shape index (κ3) is 4.57. The number of alkyl halides is 3. The Hall–Kier alpha value is -2.29. The van der Waals surface area contributed by atoms with Gasteiger partial charge < -0.3 is 4.84 Å². The minimum absolute atomic E-state index is 0.0234. The number of halogens is 6. The van der Waals surface area contributed by atoms with E-state index < -0.39 is 11.7 Å². The van der Waals surface area contributed by atoms with Gasteiger partial charge in [-0.1, -0.05) is 46.0 Å². The fourth-order valence-electron chi connectivity index (χ4n) is 2.19. The molecule has 0 saturated heterocycles. The summed E-state index contributed by atoms with van der Waals surface area (Å²) in [5.41, 5.74) is 0.00642. The topological polar surface area (TPSA) is 52.3 Å². The maximum atomic E-state index is 12.7. The van der Waals surface area contributed by atoms with Crippen molar-refractivity contribution in [3.63, 3.8) is 0 Å². The summed E-state index contributed by atoms with van der Waals surface area (Å²) >= 11 is 18.0. The zero-order valence-corrected chi connectivity index (χ0v) is 16.1. The number of rotatable bonds is 5. The van der Waals surface area contributed by atoms with E-state index in [9.17, 15) is 13.2 Å². The quantitative estimate of drug-likeness (QED) is 0.365. The molecule has 146 valence electrons. The molecule has 2 aromatic heterocycles. The van der Waals surface area contributed by atoms with Crippen LogP contribution in [0.3, 0.4) is 0 Å². The van der Waals surface area contributed by atoms with Gasteiger partial charge >= 0.3 is 6.18 Å². The second kappa shape index (κ2) is 8.38. The number of hydrogen-bond donors (Lipinski definition) is 0. The Morgan fingerprint density at radius 3 is 2.46 bits per heavy atom. The molecule has 0 atom stereocenters. The number of aromatic nitrogens is 3. The molecule has 0 unspecified atom stereocenters. The molecule has 0 saturated carbocycles. The van der Waals surface area contributed by atoms with Gasteiger partial charge in [0.1, 0.15) is 6.61 Å². The highest BCUT2D eigenvalue weighted by Crippen LogP contribution is 2.32. The summed E-state index contributed by atoms with van der Waals surface area (Å²) < 4.78 is 39.5. The zero-order chi connectivity index (χ0) is 20.3. The predicted molar refractivity (Wildman–Crippen MR) is 100 cm³/mol. The second-order valence-corrected chi connectivity index (χ2v) is 6.62. The van der Waals surface area contributed by atoms with Crippen LogP contribution in [-0.4, -0.2) is 21.0 Å². The van der Waals surface area contributed by atoms with Crippen LogP contribution in [0.2, 0.25) is 15.1 Å². The maximum Gasteiger partial charge on any atom is 0.417 e. The van der Waals surface area contributed by atoms with E-state index in [1.807, 2.05) is 0 Å². The van der Waals surface area contributed by atoms with E-state index in [1.165, 1.54) is 17.1 Å². The van der Waals surface area contributed by atoms with Crippen LogP contribution in [0.4, 0.5) is 13.2 Å². The van der Waals surface area contributed by atoms with Crippen molar-refractivity contribution in [3.05, 3.63) is 74.6 Å². The molecule has 0 N–H and O–H groups in total. The summed E-state index contributed by atoms with van der Waals surface area (Å²) in [5.74, 6) is 0.0234. The van der Waals surface area contributed by atoms with Gasteiger partial charge in [0.25, 0.3) is 0 Å². The van der Waals surface area contributed by atoms with Crippen molar-refractivity contribution in [2.75, 3.05) is 0 Å². The summed E-state index contributed by atoms with van der Waals surface area (Å²) in [5, 5.41) is 8.48. The van der Waals surface area contributed by atoms with Crippen LogP contribution in [0.1, 0.15) is 16.8 Å². The van der Waals surface area contributed by atoms with Crippen molar-refractivity contribution in [3.8, 4) is 5.82 Å². The number of pyridine rings is 1. The lowest BCUT2D eigenvalue weighted by atomic mass is 10.2. The van der Waals surface area contributed by atoms with E-state index in [-0.39, 0.29) is 17.4 Å². The molecule has 5 nitrogen and oxygen atoms in total.